The summed E-state index contributed by atoms with van der Waals surface area (Å²) in [6.07, 6.45) is 0.402. The van der Waals surface area contributed by atoms with E-state index in [1.165, 1.54) is 11.6 Å². The van der Waals surface area contributed by atoms with Gasteiger partial charge in [0, 0.05) is 19.7 Å². The summed E-state index contributed by atoms with van der Waals surface area (Å²) in [7, 11) is 1.56. The quantitative estimate of drug-likeness (QED) is 0.427. The van der Waals surface area contributed by atoms with Crippen LogP contribution in [0.5, 0.6) is 0 Å². The van der Waals surface area contributed by atoms with E-state index in [-0.39, 0.29) is 16.5 Å². The molecule has 2 N–H and O–H groups in total. The van der Waals surface area contributed by atoms with Gasteiger partial charge in [0.1, 0.15) is 11.7 Å². The summed E-state index contributed by atoms with van der Waals surface area (Å²) in [6.45, 7) is 2.96. The average Bonchev–Trinajstić information content (AvgIpc) is 2.70. The number of hydrogen-bond acceptors (Lipinski definition) is 6. The van der Waals surface area contributed by atoms with Crippen molar-refractivity contribution in [1.82, 2.24) is 15.1 Å². The molecule has 0 fully saturated rings. The molecule has 0 aromatic carbocycles. The SMILES string of the molecule is CCc1nn(C)c(SCC(NC(C)=O)C(=O)O)c1[N+](=O)[O-]. The molecule has 1 heterocycles. The zero-order valence-electron chi connectivity index (χ0n) is 11.8. The van der Waals surface area contributed by atoms with Crippen molar-refractivity contribution in [2.75, 3.05) is 5.75 Å². The molecule has 21 heavy (non-hydrogen) atoms. The highest BCUT2D eigenvalue weighted by atomic mass is 32.2. The van der Waals surface area contributed by atoms with E-state index in [4.69, 9.17) is 5.11 Å². The van der Waals surface area contributed by atoms with Crippen molar-refractivity contribution in [1.29, 1.82) is 0 Å². The van der Waals surface area contributed by atoms with E-state index in [9.17, 15) is 19.7 Å². The molecule has 1 aromatic rings. The van der Waals surface area contributed by atoms with Gasteiger partial charge in [0.15, 0.2) is 5.03 Å². The zero-order chi connectivity index (χ0) is 16.2. The molecule has 0 saturated heterocycles. The summed E-state index contributed by atoms with van der Waals surface area (Å²) in [5.41, 5.74) is 0.230. The zero-order valence-corrected chi connectivity index (χ0v) is 12.6. The Hall–Kier alpha value is -2.10. The van der Waals surface area contributed by atoms with Crippen LogP contribution in [0.4, 0.5) is 5.69 Å². The van der Waals surface area contributed by atoms with Crippen LogP contribution in [0.25, 0.3) is 0 Å². The molecule has 1 aromatic heterocycles. The van der Waals surface area contributed by atoms with Crippen molar-refractivity contribution >= 4 is 29.3 Å². The Labute approximate surface area is 124 Å². The fraction of sp³-hybridized carbons (Fsp3) is 0.545. The highest BCUT2D eigenvalue weighted by molar-refractivity contribution is 7.99. The Morgan fingerprint density at radius 1 is 1.57 bits per heavy atom. The lowest BCUT2D eigenvalue weighted by atomic mass is 10.3. The first-order valence-corrected chi connectivity index (χ1v) is 7.09. The number of aryl methyl sites for hydroxylation is 2. The Morgan fingerprint density at radius 2 is 2.19 bits per heavy atom. The Balaban J connectivity index is 2.97. The van der Waals surface area contributed by atoms with Crippen LogP contribution in [0.2, 0.25) is 0 Å². The number of nitro groups is 1. The van der Waals surface area contributed by atoms with E-state index in [2.05, 4.69) is 10.4 Å². The molecular formula is C11H16N4O5S. The molecule has 0 aliphatic carbocycles. The smallest absolute Gasteiger partial charge is 0.327 e. The number of carboxylic acids is 1. The van der Waals surface area contributed by atoms with Gasteiger partial charge in [-0.05, 0) is 6.42 Å². The number of nitrogens with one attached hydrogen (secondary N) is 1. The van der Waals surface area contributed by atoms with Gasteiger partial charge < -0.3 is 10.4 Å². The third-order valence-electron chi connectivity index (χ3n) is 2.62. The minimum Gasteiger partial charge on any atom is -0.480 e. The van der Waals surface area contributed by atoms with Crippen LogP contribution >= 0.6 is 11.8 Å². The maximum atomic E-state index is 11.1. The Kier molecular flexibility index (Phi) is 5.70. The summed E-state index contributed by atoms with van der Waals surface area (Å²) in [6, 6.07) is -1.12. The highest BCUT2D eigenvalue weighted by Gasteiger charge is 2.28. The first kappa shape index (κ1) is 17.0. The molecule has 1 unspecified atom stereocenters. The number of nitrogens with zero attached hydrogens (tertiary/aromatic N) is 3. The first-order chi connectivity index (χ1) is 9.77. The van der Waals surface area contributed by atoms with E-state index in [1.54, 1.807) is 14.0 Å². The standard InChI is InChI=1S/C11H16N4O5S/c1-4-7-9(15(19)20)10(14(3)13-7)21-5-8(11(17)18)12-6(2)16/h8H,4-5H2,1-3H3,(H,12,16)(H,17,18). The van der Waals surface area contributed by atoms with Gasteiger partial charge in [-0.15, -0.1) is 0 Å². The van der Waals surface area contributed by atoms with Crippen LogP contribution in [0.15, 0.2) is 5.03 Å². The molecule has 10 heteroatoms. The molecule has 0 radical (unpaired) electrons. The van der Waals surface area contributed by atoms with Gasteiger partial charge in [-0.3, -0.25) is 19.6 Å². The van der Waals surface area contributed by atoms with Crippen molar-refractivity contribution in [3.05, 3.63) is 15.8 Å². The number of carbonyl (C=O) groups excluding carboxylic acids is 1. The van der Waals surface area contributed by atoms with Gasteiger partial charge in [0.05, 0.1) is 4.92 Å². The molecule has 0 saturated carbocycles. The van der Waals surface area contributed by atoms with E-state index in [0.717, 1.165) is 11.8 Å². The lowest BCUT2D eigenvalue weighted by Crippen LogP contribution is -2.41. The van der Waals surface area contributed by atoms with Crippen molar-refractivity contribution in [3.63, 3.8) is 0 Å². The molecule has 0 spiro atoms. The van der Waals surface area contributed by atoms with E-state index in [1.807, 2.05) is 0 Å². The van der Waals surface area contributed by atoms with Crippen molar-refractivity contribution in [2.45, 2.75) is 31.3 Å². The van der Waals surface area contributed by atoms with E-state index < -0.39 is 22.8 Å². The maximum Gasteiger partial charge on any atom is 0.327 e. The monoisotopic (exact) mass is 316 g/mol. The topological polar surface area (TPSA) is 127 Å². The number of rotatable bonds is 7. The largest absolute Gasteiger partial charge is 0.480 e. The number of carbonyl (C=O) groups is 2. The van der Waals surface area contributed by atoms with Crippen LogP contribution in [-0.4, -0.2) is 43.5 Å². The third-order valence-corrected chi connectivity index (χ3v) is 3.85. The number of aromatic nitrogens is 2. The van der Waals surface area contributed by atoms with Gasteiger partial charge in [-0.2, -0.15) is 5.10 Å². The second-order valence-electron chi connectivity index (χ2n) is 4.24. The molecule has 1 rings (SSSR count). The van der Waals surface area contributed by atoms with Crippen molar-refractivity contribution in [3.8, 4) is 0 Å². The summed E-state index contributed by atoms with van der Waals surface area (Å²) in [5, 5.41) is 26.7. The summed E-state index contributed by atoms with van der Waals surface area (Å²) < 4.78 is 1.36. The van der Waals surface area contributed by atoms with Crippen LogP contribution in [0.1, 0.15) is 19.5 Å². The molecule has 116 valence electrons. The minimum absolute atomic E-state index is 0.0293. The second kappa shape index (κ2) is 7.07. The minimum atomic E-state index is -1.20. The molecule has 0 aliphatic rings. The maximum absolute atomic E-state index is 11.1. The van der Waals surface area contributed by atoms with Gasteiger partial charge in [0.2, 0.25) is 5.91 Å². The Bertz CT molecular complexity index is 571. The number of thioether (sulfide) groups is 1. The number of hydrogen-bond donors (Lipinski definition) is 2. The van der Waals surface area contributed by atoms with Crippen LogP contribution < -0.4 is 5.32 Å². The van der Waals surface area contributed by atoms with Crippen LogP contribution in [0, 0.1) is 10.1 Å². The molecule has 1 amide bonds. The second-order valence-corrected chi connectivity index (χ2v) is 5.25. The van der Waals surface area contributed by atoms with Crippen molar-refractivity contribution in [2.24, 2.45) is 7.05 Å². The predicted octanol–water partition coefficient (Wildman–Crippen LogP) is 0.572. The van der Waals surface area contributed by atoms with Crippen molar-refractivity contribution < 1.29 is 19.6 Å². The summed E-state index contributed by atoms with van der Waals surface area (Å²) >= 11 is 0.980. The third kappa shape index (κ3) is 4.18. The first-order valence-electron chi connectivity index (χ1n) is 6.10. The fourth-order valence-electron chi connectivity index (χ4n) is 1.72. The fourth-order valence-corrected chi connectivity index (χ4v) is 2.82. The number of aliphatic carboxylic acids is 1. The normalized spacial score (nSPS) is 12.0. The van der Waals surface area contributed by atoms with Crippen LogP contribution in [-0.2, 0) is 23.1 Å². The number of carboxylic acid groups (broad SMARTS) is 1. The molecule has 0 aliphatic heterocycles. The van der Waals surface area contributed by atoms with Gasteiger partial charge in [0.25, 0.3) is 0 Å². The lowest BCUT2D eigenvalue weighted by molar-refractivity contribution is -0.388. The molecule has 9 nitrogen and oxygen atoms in total. The van der Waals surface area contributed by atoms with Gasteiger partial charge in [-0.25, -0.2) is 4.79 Å². The lowest BCUT2D eigenvalue weighted by Gasteiger charge is -2.12. The van der Waals surface area contributed by atoms with E-state index >= 15 is 0 Å². The van der Waals surface area contributed by atoms with Gasteiger partial charge in [-0.1, -0.05) is 18.7 Å². The van der Waals surface area contributed by atoms with E-state index in [0.29, 0.717) is 12.1 Å². The predicted molar refractivity (Wildman–Crippen MR) is 75.2 cm³/mol. The number of amides is 1. The molecular weight excluding hydrogens is 300 g/mol. The Morgan fingerprint density at radius 3 is 2.62 bits per heavy atom. The van der Waals surface area contributed by atoms with Crippen LogP contribution in [0.3, 0.4) is 0 Å². The highest BCUT2D eigenvalue weighted by Crippen LogP contribution is 2.32. The van der Waals surface area contributed by atoms with Gasteiger partial charge >= 0.3 is 11.7 Å². The molecule has 1 atom stereocenters. The summed E-state index contributed by atoms with van der Waals surface area (Å²) in [4.78, 5) is 32.6. The summed E-state index contributed by atoms with van der Waals surface area (Å²) in [5.74, 6) is -1.70. The average molecular weight is 316 g/mol. The molecule has 0 bridgehead atoms.